The molecule has 2 N–H and O–H groups in total. The first kappa shape index (κ1) is 13.2. The van der Waals surface area contributed by atoms with Crippen LogP contribution in [0.25, 0.3) is 0 Å². The molecule has 0 aliphatic rings. The van der Waals surface area contributed by atoms with Gasteiger partial charge in [-0.15, -0.1) is 0 Å². The molecule has 0 bridgehead atoms. The highest BCUT2D eigenvalue weighted by atomic mass is 32.2. The average molecular weight is 263 g/mol. The zero-order chi connectivity index (χ0) is 13.2. The predicted octanol–water partition coefficient (Wildman–Crippen LogP) is 2.57. The first-order chi connectivity index (χ1) is 7.74. The number of phenolic OH excluding ortho intramolecular Hbond substituents is 1. The van der Waals surface area contributed by atoms with Gasteiger partial charge in [-0.3, -0.25) is 0 Å². The number of nitriles is 1. The topological polar surface area (TPSA) is 81.3 Å². The van der Waals surface area contributed by atoms with Gasteiger partial charge in [-0.25, -0.2) is 4.79 Å². The molecule has 0 spiro atoms. The summed E-state index contributed by atoms with van der Waals surface area (Å²) in [5.74, 6) is -2.23. The third-order valence-electron chi connectivity index (χ3n) is 1.64. The number of hydrogen-bond acceptors (Lipinski definition) is 4. The second-order valence-corrected chi connectivity index (χ2v) is 3.91. The smallest absolute Gasteiger partial charge is 0.446 e. The minimum Gasteiger partial charge on any atom is -0.508 e. The van der Waals surface area contributed by atoms with E-state index in [1.807, 2.05) is 0 Å². The van der Waals surface area contributed by atoms with Crippen molar-refractivity contribution < 1.29 is 28.2 Å². The lowest BCUT2D eigenvalue weighted by atomic mass is 10.1. The van der Waals surface area contributed by atoms with Crippen LogP contribution in [0.4, 0.5) is 13.2 Å². The number of phenols is 1. The molecule has 0 aromatic heterocycles. The van der Waals surface area contributed by atoms with Crippen molar-refractivity contribution >= 4 is 17.7 Å². The molecule has 0 fully saturated rings. The van der Waals surface area contributed by atoms with Gasteiger partial charge >= 0.3 is 11.5 Å². The van der Waals surface area contributed by atoms with E-state index in [0.717, 1.165) is 6.07 Å². The van der Waals surface area contributed by atoms with Crippen molar-refractivity contribution in [2.75, 3.05) is 0 Å². The maximum absolute atomic E-state index is 12.2. The molecule has 1 aromatic rings. The predicted molar refractivity (Wildman–Crippen MR) is 51.7 cm³/mol. The minimum atomic E-state index is -4.72. The zero-order valence-corrected chi connectivity index (χ0v) is 8.76. The van der Waals surface area contributed by atoms with Gasteiger partial charge in [-0.05, 0) is 23.9 Å². The fraction of sp³-hybridized carbons (Fsp3) is 0.111. The van der Waals surface area contributed by atoms with Crippen molar-refractivity contribution in [1.29, 1.82) is 5.26 Å². The molecule has 90 valence electrons. The van der Waals surface area contributed by atoms with Crippen LogP contribution in [0.5, 0.6) is 5.75 Å². The normalized spacial score (nSPS) is 10.9. The molecule has 1 aromatic carbocycles. The number of carbonyl (C=O) groups is 1. The van der Waals surface area contributed by atoms with Gasteiger partial charge in [0.2, 0.25) is 0 Å². The first-order valence-electron chi connectivity index (χ1n) is 4.00. The van der Waals surface area contributed by atoms with Crippen LogP contribution in [-0.2, 0) is 0 Å². The number of nitrogens with zero attached hydrogens (tertiary/aromatic N) is 1. The van der Waals surface area contributed by atoms with Crippen LogP contribution in [0.1, 0.15) is 15.9 Å². The van der Waals surface area contributed by atoms with E-state index in [-0.39, 0.29) is 0 Å². The van der Waals surface area contributed by atoms with Crippen molar-refractivity contribution in [3.63, 3.8) is 0 Å². The fourth-order valence-electron chi connectivity index (χ4n) is 1.08. The van der Waals surface area contributed by atoms with Gasteiger partial charge in [-0.1, -0.05) is 0 Å². The molecule has 0 radical (unpaired) electrons. The van der Waals surface area contributed by atoms with Gasteiger partial charge < -0.3 is 10.2 Å². The standard InChI is InChI=1S/C9H4F3NO3S/c10-9(11,12)17-7-4(3-13)1-5(14)2-6(7)8(15)16/h1-2,14H,(H,15,16). The highest BCUT2D eigenvalue weighted by Crippen LogP contribution is 2.41. The Hall–Kier alpha value is -1.88. The molecule has 0 atom stereocenters. The molecule has 0 amide bonds. The molecule has 17 heavy (non-hydrogen) atoms. The number of hydrogen-bond donors (Lipinski definition) is 2. The molecule has 8 heteroatoms. The second-order valence-electron chi connectivity index (χ2n) is 2.83. The molecule has 1 rings (SSSR count). The van der Waals surface area contributed by atoms with E-state index in [1.54, 1.807) is 0 Å². The van der Waals surface area contributed by atoms with Crippen LogP contribution in [0.15, 0.2) is 17.0 Å². The lowest BCUT2D eigenvalue weighted by Gasteiger charge is -2.10. The van der Waals surface area contributed by atoms with Crippen molar-refractivity contribution in [2.45, 2.75) is 10.4 Å². The molecule has 0 saturated carbocycles. The summed E-state index contributed by atoms with van der Waals surface area (Å²) in [6.45, 7) is 0. The van der Waals surface area contributed by atoms with Crippen LogP contribution < -0.4 is 0 Å². The summed E-state index contributed by atoms with van der Waals surface area (Å²) in [4.78, 5) is 10.00. The van der Waals surface area contributed by atoms with Crippen LogP contribution in [0.3, 0.4) is 0 Å². The number of thioether (sulfide) groups is 1. The molecular weight excluding hydrogens is 259 g/mol. The highest BCUT2D eigenvalue weighted by molar-refractivity contribution is 8.00. The molecule has 4 nitrogen and oxygen atoms in total. The molecule has 0 heterocycles. The molecule has 0 saturated heterocycles. The summed E-state index contributed by atoms with van der Waals surface area (Å²) in [5.41, 5.74) is -6.01. The van der Waals surface area contributed by atoms with Crippen LogP contribution in [-0.4, -0.2) is 21.7 Å². The second kappa shape index (κ2) is 4.55. The Balaban J connectivity index is 3.44. The Labute approximate surface area is 97.3 Å². The van der Waals surface area contributed by atoms with Crippen molar-refractivity contribution in [3.05, 3.63) is 23.3 Å². The number of aromatic hydroxyl groups is 1. The van der Waals surface area contributed by atoms with Crippen molar-refractivity contribution in [2.24, 2.45) is 0 Å². The molecule has 0 unspecified atom stereocenters. The maximum Gasteiger partial charge on any atom is 0.446 e. The summed E-state index contributed by atoms with van der Waals surface area (Å²) in [6, 6.07) is 2.85. The number of alkyl halides is 3. The number of carboxylic acids is 1. The summed E-state index contributed by atoms with van der Waals surface area (Å²) < 4.78 is 36.6. The molecular formula is C9H4F3NO3S. The van der Waals surface area contributed by atoms with E-state index >= 15 is 0 Å². The van der Waals surface area contributed by atoms with E-state index in [4.69, 9.17) is 15.5 Å². The largest absolute Gasteiger partial charge is 0.508 e. The van der Waals surface area contributed by atoms with E-state index in [1.165, 1.54) is 6.07 Å². The van der Waals surface area contributed by atoms with Crippen LogP contribution >= 0.6 is 11.8 Å². The summed E-state index contributed by atoms with van der Waals surface area (Å²) in [6.07, 6.45) is 0. The van der Waals surface area contributed by atoms with Crippen LogP contribution in [0, 0.1) is 11.3 Å². The van der Waals surface area contributed by atoms with Crippen molar-refractivity contribution in [1.82, 2.24) is 0 Å². The lowest BCUT2D eigenvalue weighted by Crippen LogP contribution is -2.06. The van der Waals surface area contributed by atoms with Gasteiger partial charge in [0.1, 0.15) is 11.8 Å². The number of rotatable bonds is 2. The maximum atomic E-state index is 12.2. The third kappa shape index (κ3) is 3.29. The summed E-state index contributed by atoms with van der Waals surface area (Å²) in [5, 5.41) is 26.4. The van der Waals surface area contributed by atoms with E-state index in [9.17, 15) is 18.0 Å². The van der Waals surface area contributed by atoms with E-state index in [2.05, 4.69) is 0 Å². The number of aromatic carboxylic acids is 1. The Morgan fingerprint density at radius 1 is 1.41 bits per heavy atom. The zero-order valence-electron chi connectivity index (χ0n) is 7.95. The first-order valence-corrected chi connectivity index (χ1v) is 4.82. The Morgan fingerprint density at radius 3 is 2.41 bits per heavy atom. The average Bonchev–Trinajstić information content (AvgIpc) is 2.17. The summed E-state index contributed by atoms with van der Waals surface area (Å²) >= 11 is -0.699. The minimum absolute atomic E-state index is 0.537. The number of benzene rings is 1. The summed E-state index contributed by atoms with van der Waals surface area (Å²) in [7, 11) is 0. The van der Waals surface area contributed by atoms with Gasteiger partial charge in [0.25, 0.3) is 0 Å². The third-order valence-corrected chi connectivity index (χ3v) is 2.52. The molecule has 0 aliphatic carbocycles. The Morgan fingerprint density at radius 2 is 2.00 bits per heavy atom. The van der Waals surface area contributed by atoms with Gasteiger partial charge in [0.15, 0.2) is 0 Å². The van der Waals surface area contributed by atoms with Gasteiger partial charge in [0, 0.05) is 4.90 Å². The SMILES string of the molecule is N#Cc1cc(O)cc(C(=O)O)c1SC(F)(F)F. The monoisotopic (exact) mass is 263 g/mol. The number of halogens is 3. The molecule has 0 aliphatic heterocycles. The Bertz CT molecular complexity index is 507. The quantitative estimate of drug-likeness (QED) is 0.801. The fourth-order valence-corrected chi connectivity index (χ4v) is 1.78. The van der Waals surface area contributed by atoms with Gasteiger partial charge in [-0.2, -0.15) is 18.4 Å². The van der Waals surface area contributed by atoms with Crippen LogP contribution in [0.2, 0.25) is 0 Å². The Kier molecular flexibility index (Phi) is 3.53. The highest BCUT2D eigenvalue weighted by Gasteiger charge is 2.33. The lowest BCUT2D eigenvalue weighted by molar-refractivity contribution is -0.0328. The van der Waals surface area contributed by atoms with E-state index in [0.29, 0.717) is 6.07 Å². The van der Waals surface area contributed by atoms with E-state index < -0.39 is 45.0 Å². The van der Waals surface area contributed by atoms with Crippen molar-refractivity contribution in [3.8, 4) is 11.8 Å². The number of carboxylic acid groups (broad SMARTS) is 1. The van der Waals surface area contributed by atoms with Gasteiger partial charge in [0.05, 0.1) is 11.1 Å².